The van der Waals surface area contributed by atoms with Crippen molar-refractivity contribution in [3.05, 3.63) is 0 Å². The molecule has 2 fully saturated rings. The summed E-state index contributed by atoms with van der Waals surface area (Å²) in [6.45, 7) is 5.31. The average Bonchev–Trinajstić information content (AvgIpc) is 2.79. The van der Waals surface area contributed by atoms with Gasteiger partial charge in [-0.15, -0.1) is 5.06 Å². The molecule has 9 heteroatoms. The van der Waals surface area contributed by atoms with Gasteiger partial charge in [-0.25, -0.2) is 9.59 Å². The van der Waals surface area contributed by atoms with Crippen molar-refractivity contribution in [3.63, 3.8) is 0 Å². The number of hydroxylamine groups is 2. The topological polar surface area (TPSA) is 114 Å². The van der Waals surface area contributed by atoms with Crippen LogP contribution >= 0.6 is 0 Å². The van der Waals surface area contributed by atoms with Crippen LogP contribution < -0.4 is 10.6 Å². The second kappa shape index (κ2) is 7.71. The monoisotopic (exact) mass is 355 g/mol. The van der Waals surface area contributed by atoms with Gasteiger partial charge in [0.1, 0.15) is 5.60 Å². The van der Waals surface area contributed by atoms with Crippen LogP contribution in [0.3, 0.4) is 0 Å². The highest BCUT2D eigenvalue weighted by Gasteiger charge is 2.35. The maximum absolute atomic E-state index is 12.0. The predicted molar refractivity (Wildman–Crippen MR) is 86.1 cm³/mol. The fourth-order valence-corrected chi connectivity index (χ4v) is 2.85. The molecule has 2 atom stereocenters. The first-order valence-electron chi connectivity index (χ1n) is 8.49. The summed E-state index contributed by atoms with van der Waals surface area (Å²) in [5, 5.41) is 5.89. The zero-order valence-corrected chi connectivity index (χ0v) is 14.8. The molecule has 0 unspecified atom stereocenters. The van der Waals surface area contributed by atoms with Crippen LogP contribution in [0.5, 0.6) is 0 Å². The molecule has 0 aromatic rings. The molecule has 0 bridgehead atoms. The normalized spacial score (nSPS) is 24.0. The lowest BCUT2D eigenvalue weighted by atomic mass is 9.90. The second-order valence-corrected chi connectivity index (χ2v) is 7.25. The van der Waals surface area contributed by atoms with Gasteiger partial charge in [0.05, 0.1) is 12.1 Å². The summed E-state index contributed by atoms with van der Waals surface area (Å²) in [6, 6.07) is -0.664. The molecule has 2 rings (SSSR count). The molecule has 2 N–H and O–H groups in total. The van der Waals surface area contributed by atoms with Crippen molar-refractivity contribution in [1.82, 2.24) is 15.7 Å². The molecule has 0 aromatic heterocycles. The highest BCUT2D eigenvalue weighted by Crippen LogP contribution is 2.20. The van der Waals surface area contributed by atoms with E-state index in [0.29, 0.717) is 17.9 Å². The fraction of sp³-hybridized carbons (Fsp3) is 0.750. The van der Waals surface area contributed by atoms with Crippen LogP contribution in [0.15, 0.2) is 0 Å². The largest absolute Gasteiger partial charge is 0.444 e. The van der Waals surface area contributed by atoms with E-state index in [4.69, 9.17) is 9.57 Å². The number of ether oxygens (including phenoxy) is 1. The molecule has 1 saturated heterocycles. The van der Waals surface area contributed by atoms with Gasteiger partial charge in [0, 0.05) is 12.8 Å². The van der Waals surface area contributed by atoms with Crippen LogP contribution in [-0.2, 0) is 19.2 Å². The summed E-state index contributed by atoms with van der Waals surface area (Å²) >= 11 is 0. The standard InChI is InChI=1S/C16H25N3O6/c1-16(2,3)24-14(22)17-10-6-4-5-7-11(10)18-15(23)25-19-12(20)8-9-13(19)21/h10-11H,4-9H2,1-3H3,(H,17,22)(H,18,23)/t10-,11+/m0/s1. The third-order valence-corrected chi connectivity index (χ3v) is 3.95. The summed E-state index contributed by atoms with van der Waals surface area (Å²) < 4.78 is 5.24. The molecule has 9 nitrogen and oxygen atoms in total. The third-order valence-electron chi connectivity index (χ3n) is 3.95. The molecule has 1 saturated carbocycles. The number of carbonyl (C=O) groups excluding carboxylic acids is 4. The minimum absolute atomic E-state index is 0.0400. The van der Waals surface area contributed by atoms with Crippen molar-refractivity contribution < 1.29 is 28.8 Å². The van der Waals surface area contributed by atoms with Gasteiger partial charge in [-0.1, -0.05) is 12.8 Å². The van der Waals surface area contributed by atoms with Crippen LogP contribution in [0, 0.1) is 0 Å². The molecule has 140 valence electrons. The first-order chi connectivity index (χ1) is 11.7. The first kappa shape index (κ1) is 19.0. The van der Waals surface area contributed by atoms with Crippen molar-refractivity contribution in [3.8, 4) is 0 Å². The zero-order valence-electron chi connectivity index (χ0n) is 14.8. The molecule has 1 heterocycles. The highest BCUT2D eigenvalue weighted by atomic mass is 16.7. The van der Waals surface area contributed by atoms with E-state index in [-0.39, 0.29) is 24.9 Å². The maximum Gasteiger partial charge on any atom is 0.432 e. The summed E-state index contributed by atoms with van der Waals surface area (Å²) in [6.07, 6.45) is 1.78. The van der Waals surface area contributed by atoms with Crippen LogP contribution in [0.1, 0.15) is 59.3 Å². The summed E-state index contributed by atoms with van der Waals surface area (Å²) in [5.74, 6) is -1.07. The van der Waals surface area contributed by atoms with Crippen molar-refractivity contribution >= 4 is 24.0 Å². The Bertz CT molecular complexity index is 541. The second-order valence-electron chi connectivity index (χ2n) is 7.25. The summed E-state index contributed by atoms with van der Waals surface area (Å²) in [7, 11) is 0. The number of hydrogen-bond acceptors (Lipinski definition) is 6. The summed E-state index contributed by atoms with van der Waals surface area (Å²) in [4.78, 5) is 51.7. The van der Waals surface area contributed by atoms with E-state index in [9.17, 15) is 19.2 Å². The van der Waals surface area contributed by atoms with Crippen LogP contribution in [0.4, 0.5) is 9.59 Å². The molecular formula is C16H25N3O6. The number of hydrogen-bond donors (Lipinski definition) is 2. The van der Waals surface area contributed by atoms with Crippen molar-refractivity contribution in [2.24, 2.45) is 0 Å². The number of alkyl carbamates (subject to hydrolysis) is 1. The van der Waals surface area contributed by atoms with Crippen LogP contribution in [-0.4, -0.2) is 46.7 Å². The van der Waals surface area contributed by atoms with E-state index in [2.05, 4.69) is 10.6 Å². The number of amides is 4. The van der Waals surface area contributed by atoms with Gasteiger partial charge in [0.2, 0.25) is 0 Å². The minimum Gasteiger partial charge on any atom is -0.444 e. The van der Waals surface area contributed by atoms with Gasteiger partial charge in [0.25, 0.3) is 11.8 Å². The molecule has 1 aliphatic carbocycles. The lowest BCUT2D eigenvalue weighted by Crippen LogP contribution is -2.54. The summed E-state index contributed by atoms with van der Waals surface area (Å²) in [5.41, 5.74) is -0.614. The Morgan fingerprint density at radius 1 is 0.960 bits per heavy atom. The number of nitrogens with one attached hydrogen (secondary N) is 2. The van der Waals surface area contributed by atoms with E-state index >= 15 is 0 Å². The minimum atomic E-state index is -0.883. The molecule has 0 aromatic carbocycles. The number of rotatable bonds is 3. The molecule has 25 heavy (non-hydrogen) atoms. The molecule has 0 spiro atoms. The van der Waals surface area contributed by atoms with E-state index in [1.54, 1.807) is 20.8 Å². The zero-order chi connectivity index (χ0) is 18.6. The van der Waals surface area contributed by atoms with Crippen LogP contribution in [0.2, 0.25) is 0 Å². The van der Waals surface area contributed by atoms with Crippen LogP contribution in [0.25, 0.3) is 0 Å². The molecule has 0 radical (unpaired) electrons. The Hall–Kier alpha value is -2.32. The lowest BCUT2D eigenvalue weighted by molar-refractivity contribution is -0.171. The van der Waals surface area contributed by atoms with Crippen molar-refractivity contribution in [1.29, 1.82) is 0 Å². The molecule has 4 amide bonds. The molecule has 2 aliphatic rings. The Kier molecular flexibility index (Phi) is 5.86. The van der Waals surface area contributed by atoms with Gasteiger partial charge in [-0.2, -0.15) is 0 Å². The Labute approximate surface area is 146 Å². The number of carbonyl (C=O) groups is 4. The predicted octanol–water partition coefficient (Wildman–Crippen LogP) is 1.61. The first-order valence-corrected chi connectivity index (χ1v) is 8.49. The van der Waals surface area contributed by atoms with E-state index < -0.39 is 29.6 Å². The number of imide groups is 1. The third kappa shape index (κ3) is 5.61. The Balaban J connectivity index is 1.89. The van der Waals surface area contributed by atoms with Gasteiger partial charge >= 0.3 is 12.2 Å². The quantitative estimate of drug-likeness (QED) is 0.744. The van der Waals surface area contributed by atoms with Crippen molar-refractivity contribution in [2.45, 2.75) is 77.0 Å². The maximum atomic E-state index is 12.0. The van der Waals surface area contributed by atoms with Gasteiger partial charge in [-0.3, -0.25) is 9.59 Å². The number of nitrogens with zero attached hydrogens (tertiary/aromatic N) is 1. The molecular weight excluding hydrogens is 330 g/mol. The average molecular weight is 355 g/mol. The smallest absolute Gasteiger partial charge is 0.432 e. The van der Waals surface area contributed by atoms with Crippen molar-refractivity contribution in [2.75, 3.05) is 0 Å². The van der Waals surface area contributed by atoms with Gasteiger partial charge < -0.3 is 20.2 Å². The van der Waals surface area contributed by atoms with E-state index in [0.717, 1.165) is 12.8 Å². The Morgan fingerprint density at radius 3 is 1.92 bits per heavy atom. The fourth-order valence-electron chi connectivity index (χ4n) is 2.85. The molecule has 1 aliphatic heterocycles. The lowest BCUT2D eigenvalue weighted by Gasteiger charge is -2.33. The highest BCUT2D eigenvalue weighted by molar-refractivity contribution is 6.01. The van der Waals surface area contributed by atoms with Gasteiger partial charge in [0.15, 0.2) is 0 Å². The van der Waals surface area contributed by atoms with Gasteiger partial charge in [-0.05, 0) is 33.6 Å². The Morgan fingerprint density at radius 2 is 1.44 bits per heavy atom. The SMILES string of the molecule is CC(C)(C)OC(=O)N[C@H]1CCCC[C@H]1NC(=O)ON1C(=O)CCC1=O. The van der Waals surface area contributed by atoms with E-state index in [1.807, 2.05) is 0 Å². The van der Waals surface area contributed by atoms with E-state index in [1.165, 1.54) is 0 Å².